The Bertz CT molecular complexity index is 600. The van der Waals surface area contributed by atoms with Gasteiger partial charge in [-0.2, -0.15) is 0 Å². The molecule has 1 aromatic heterocycles. The Kier molecular flexibility index (Phi) is 4.12. The summed E-state index contributed by atoms with van der Waals surface area (Å²) >= 11 is 0. The molecule has 0 bridgehead atoms. The van der Waals surface area contributed by atoms with Crippen LogP contribution in [0, 0.1) is 0 Å². The number of hydrogen-bond donors (Lipinski definition) is 1. The number of nitrogens with zero attached hydrogens (tertiary/aromatic N) is 3. The molecule has 2 aromatic rings. The van der Waals surface area contributed by atoms with Crippen LogP contribution in [0.25, 0.3) is 0 Å². The van der Waals surface area contributed by atoms with E-state index in [1.165, 1.54) is 5.56 Å². The van der Waals surface area contributed by atoms with Crippen LogP contribution in [0.5, 0.6) is 0 Å². The van der Waals surface area contributed by atoms with Crippen LogP contribution in [0.3, 0.4) is 0 Å². The molecule has 1 fully saturated rings. The first-order chi connectivity index (χ1) is 10.3. The van der Waals surface area contributed by atoms with E-state index >= 15 is 0 Å². The SMILES string of the molecule is NN1CCOC1=N[C@H](Cc1ccncc1)c1ccccc1. The number of amidine groups is 1. The van der Waals surface area contributed by atoms with Gasteiger partial charge in [0, 0.05) is 12.4 Å². The fraction of sp³-hybridized carbons (Fsp3) is 0.250. The van der Waals surface area contributed by atoms with Gasteiger partial charge in [0.05, 0.1) is 12.6 Å². The van der Waals surface area contributed by atoms with E-state index < -0.39 is 0 Å². The topological polar surface area (TPSA) is 63.7 Å². The van der Waals surface area contributed by atoms with E-state index in [1.54, 1.807) is 17.4 Å². The highest BCUT2D eigenvalue weighted by Gasteiger charge is 2.20. The Morgan fingerprint density at radius 3 is 2.62 bits per heavy atom. The second-order valence-corrected chi connectivity index (χ2v) is 4.94. The zero-order valence-electron chi connectivity index (χ0n) is 11.7. The zero-order valence-corrected chi connectivity index (χ0v) is 11.7. The van der Waals surface area contributed by atoms with Crippen molar-refractivity contribution in [3.8, 4) is 0 Å². The van der Waals surface area contributed by atoms with Crippen molar-refractivity contribution in [2.24, 2.45) is 10.8 Å². The summed E-state index contributed by atoms with van der Waals surface area (Å²) in [5.41, 5.74) is 2.33. The van der Waals surface area contributed by atoms with Crippen LogP contribution < -0.4 is 5.84 Å². The second-order valence-electron chi connectivity index (χ2n) is 4.94. The molecule has 21 heavy (non-hydrogen) atoms. The second kappa shape index (κ2) is 6.37. The molecule has 1 saturated heterocycles. The lowest BCUT2D eigenvalue weighted by atomic mass is 10.0. The summed E-state index contributed by atoms with van der Waals surface area (Å²) in [4.78, 5) is 8.75. The Morgan fingerprint density at radius 2 is 1.95 bits per heavy atom. The van der Waals surface area contributed by atoms with Crippen molar-refractivity contribution in [2.45, 2.75) is 12.5 Å². The number of pyridine rings is 1. The van der Waals surface area contributed by atoms with Crippen molar-refractivity contribution in [2.75, 3.05) is 13.2 Å². The van der Waals surface area contributed by atoms with Gasteiger partial charge in [0.25, 0.3) is 0 Å². The van der Waals surface area contributed by atoms with Crippen molar-refractivity contribution in [3.05, 3.63) is 66.0 Å². The predicted molar refractivity (Wildman–Crippen MR) is 81.4 cm³/mol. The van der Waals surface area contributed by atoms with Crippen molar-refractivity contribution < 1.29 is 4.74 Å². The average Bonchev–Trinajstić information content (AvgIpc) is 2.94. The Balaban J connectivity index is 1.88. The van der Waals surface area contributed by atoms with Gasteiger partial charge in [-0.1, -0.05) is 30.3 Å². The van der Waals surface area contributed by atoms with Crippen molar-refractivity contribution in [3.63, 3.8) is 0 Å². The summed E-state index contributed by atoms with van der Waals surface area (Å²) in [6.07, 6.45) is 4.38. The quantitative estimate of drug-likeness (QED) is 0.870. The van der Waals surface area contributed by atoms with Gasteiger partial charge in [0.15, 0.2) is 0 Å². The molecule has 1 atom stereocenters. The molecule has 5 heteroatoms. The average molecular weight is 282 g/mol. The fourth-order valence-corrected chi connectivity index (χ4v) is 2.31. The largest absolute Gasteiger partial charge is 0.462 e. The van der Waals surface area contributed by atoms with Gasteiger partial charge in [-0.15, -0.1) is 0 Å². The minimum absolute atomic E-state index is 0.0206. The zero-order chi connectivity index (χ0) is 14.5. The molecule has 1 aromatic carbocycles. The van der Waals surface area contributed by atoms with E-state index in [0.717, 1.165) is 12.0 Å². The minimum atomic E-state index is -0.0206. The minimum Gasteiger partial charge on any atom is -0.462 e. The van der Waals surface area contributed by atoms with E-state index in [1.807, 2.05) is 30.3 Å². The number of aliphatic imine (C=N–C) groups is 1. The monoisotopic (exact) mass is 282 g/mol. The molecule has 0 unspecified atom stereocenters. The first-order valence-electron chi connectivity index (χ1n) is 6.99. The molecule has 0 amide bonds. The summed E-state index contributed by atoms with van der Waals surface area (Å²) in [6, 6.07) is 14.7. The molecule has 0 radical (unpaired) electrons. The summed E-state index contributed by atoms with van der Waals surface area (Å²) < 4.78 is 5.49. The third kappa shape index (κ3) is 3.38. The lowest BCUT2D eigenvalue weighted by molar-refractivity contribution is 0.347. The normalized spacial score (nSPS) is 17.8. The summed E-state index contributed by atoms with van der Waals surface area (Å²) in [7, 11) is 0. The van der Waals surface area contributed by atoms with Gasteiger partial charge < -0.3 is 4.74 Å². The standard InChI is InChI=1S/C16H18N4O/c17-20-10-11-21-16(20)19-15(14-4-2-1-3-5-14)12-13-6-8-18-9-7-13/h1-9,15H,10-12,17H2/t15-/m1/s1. The molecule has 5 nitrogen and oxygen atoms in total. The number of ether oxygens (including phenoxy) is 1. The molecule has 108 valence electrons. The number of hydrogen-bond acceptors (Lipinski definition) is 4. The van der Waals surface area contributed by atoms with Crippen LogP contribution >= 0.6 is 0 Å². The van der Waals surface area contributed by atoms with Crippen molar-refractivity contribution >= 4 is 6.02 Å². The molecule has 0 aliphatic carbocycles. The van der Waals surface area contributed by atoms with Gasteiger partial charge in [-0.3, -0.25) is 9.99 Å². The number of hydrazine groups is 1. The predicted octanol–water partition coefficient (Wildman–Crippen LogP) is 1.93. The van der Waals surface area contributed by atoms with Crippen molar-refractivity contribution in [1.82, 2.24) is 9.99 Å². The lowest BCUT2D eigenvalue weighted by Gasteiger charge is -2.16. The molecule has 0 saturated carbocycles. The van der Waals surface area contributed by atoms with Gasteiger partial charge in [-0.25, -0.2) is 10.8 Å². The smallest absolute Gasteiger partial charge is 0.302 e. The molecule has 0 spiro atoms. The van der Waals surface area contributed by atoms with Gasteiger partial charge in [0.2, 0.25) is 0 Å². The molecule has 1 aliphatic heterocycles. The first-order valence-corrected chi connectivity index (χ1v) is 6.99. The highest BCUT2D eigenvalue weighted by molar-refractivity contribution is 5.75. The van der Waals surface area contributed by atoms with Crippen LogP contribution in [-0.2, 0) is 11.2 Å². The maximum atomic E-state index is 5.87. The Labute approximate surface area is 124 Å². The lowest BCUT2D eigenvalue weighted by Crippen LogP contribution is -2.33. The highest BCUT2D eigenvalue weighted by atomic mass is 16.5. The first kappa shape index (κ1) is 13.6. The van der Waals surface area contributed by atoms with Gasteiger partial charge in [0.1, 0.15) is 6.61 Å². The van der Waals surface area contributed by atoms with Gasteiger partial charge in [-0.05, 0) is 29.7 Å². The summed E-state index contributed by atoms with van der Waals surface area (Å²) in [5, 5.41) is 1.56. The summed E-state index contributed by atoms with van der Waals surface area (Å²) in [6.45, 7) is 1.27. The third-order valence-electron chi connectivity index (χ3n) is 3.44. The highest BCUT2D eigenvalue weighted by Crippen LogP contribution is 2.23. The fourth-order valence-electron chi connectivity index (χ4n) is 2.31. The maximum Gasteiger partial charge on any atom is 0.302 e. The molecule has 3 rings (SSSR count). The van der Waals surface area contributed by atoms with E-state index in [-0.39, 0.29) is 6.04 Å². The Hall–Kier alpha value is -2.40. The molecular weight excluding hydrogens is 264 g/mol. The van der Waals surface area contributed by atoms with Crippen LogP contribution in [-0.4, -0.2) is 29.2 Å². The van der Waals surface area contributed by atoms with Crippen LogP contribution in [0.1, 0.15) is 17.2 Å². The van der Waals surface area contributed by atoms with E-state index in [0.29, 0.717) is 19.2 Å². The molecule has 2 heterocycles. The number of rotatable bonds is 4. The van der Waals surface area contributed by atoms with Crippen molar-refractivity contribution in [1.29, 1.82) is 0 Å². The third-order valence-corrected chi connectivity index (χ3v) is 3.44. The van der Waals surface area contributed by atoms with E-state index in [2.05, 4.69) is 17.1 Å². The van der Waals surface area contributed by atoms with E-state index in [9.17, 15) is 0 Å². The van der Waals surface area contributed by atoms with Crippen LogP contribution in [0.4, 0.5) is 0 Å². The van der Waals surface area contributed by atoms with Gasteiger partial charge >= 0.3 is 6.02 Å². The number of benzene rings is 1. The maximum absolute atomic E-state index is 5.87. The van der Waals surface area contributed by atoms with E-state index in [4.69, 9.17) is 15.6 Å². The molecular formula is C16H18N4O. The van der Waals surface area contributed by atoms with Crippen LogP contribution in [0.15, 0.2) is 59.9 Å². The number of nitrogens with two attached hydrogens (primary N) is 1. The molecule has 1 aliphatic rings. The molecule has 2 N–H and O–H groups in total. The van der Waals surface area contributed by atoms with Crippen LogP contribution in [0.2, 0.25) is 0 Å². The number of aromatic nitrogens is 1. The summed E-state index contributed by atoms with van der Waals surface area (Å²) in [5.74, 6) is 5.87. The Morgan fingerprint density at radius 1 is 1.19 bits per heavy atom.